The van der Waals surface area contributed by atoms with Gasteiger partial charge in [0.1, 0.15) is 0 Å². The monoisotopic (exact) mass is 320 g/mol. The molecule has 1 amide bonds. The van der Waals surface area contributed by atoms with Gasteiger partial charge in [-0.1, -0.05) is 28.1 Å². The largest absolute Gasteiger partial charge is 0.385 e. The Labute approximate surface area is 121 Å². The van der Waals surface area contributed by atoms with Gasteiger partial charge in [0.2, 0.25) is 5.91 Å². The minimum atomic E-state index is 0.0881. The summed E-state index contributed by atoms with van der Waals surface area (Å²) in [6.07, 6.45) is 1.39. The van der Waals surface area contributed by atoms with Crippen LogP contribution in [-0.4, -0.2) is 19.5 Å². The molecule has 0 saturated carbocycles. The normalized spacial score (nSPS) is 10.4. The van der Waals surface area contributed by atoms with Crippen LogP contribution in [0.25, 0.3) is 10.8 Å². The molecule has 0 atom stereocenters. The van der Waals surface area contributed by atoms with Crippen LogP contribution in [0, 0.1) is 0 Å². The SMILES string of the molecule is CNC(=O)CCCNc1ccc2cc(Br)ccc2c1. The van der Waals surface area contributed by atoms with Crippen LogP contribution in [0.5, 0.6) is 0 Å². The first-order valence-electron chi connectivity index (χ1n) is 6.33. The topological polar surface area (TPSA) is 41.1 Å². The van der Waals surface area contributed by atoms with Crippen LogP contribution in [0.1, 0.15) is 12.8 Å². The zero-order valence-electron chi connectivity index (χ0n) is 10.9. The Morgan fingerprint density at radius 3 is 2.68 bits per heavy atom. The summed E-state index contributed by atoms with van der Waals surface area (Å²) in [6, 6.07) is 12.5. The Bertz CT molecular complexity index is 583. The van der Waals surface area contributed by atoms with Gasteiger partial charge in [-0.15, -0.1) is 0 Å². The smallest absolute Gasteiger partial charge is 0.219 e. The van der Waals surface area contributed by atoms with Crippen molar-refractivity contribution in [3.8, 4) is 0 Å². The molecule has 0 radical (unpaired) electrons. The third kappa shape index (κ3) is 3.96. The average molecular weight is 321 g/mol. The molecule has 4 heteroatoms. The summed E-state index contributed by atoms with van der Waals surface area (Å²) in [6.45, 7) is 0.801. The van der Waals surface area contributed by atoms with Gasteiger partial charge >= 0.3 is 0 Å². The lowest BCUT2D eigenvalue weighted by Crippen LogP contribution is -2.18. The summed E-state index contributed by atoms with van der Waals surface area (Å²) in [5, 5.41) is 8.38. The van der Waals surface area contributed by atoms with Gasteiger partial charge in [0.05, 0.1) is 0 Å². The molecule has 0 fully saturated rings. The van der Waals surface area contributed by atoms with Crippen LogP contribution < -0.4 is 10.6 Å². The molecule has 0 aliphatic rings. The number of halogens is 1. The van der Waals surface area contributed by atoms with Gasteiger partial charge in [-0.05, 0) is 41.5 Å². The van der Waals surface area contributed by atoms with Crippen molar-refractivity contribution in [3.05, 3.63) is 40.9 Å². The Kier molecular flexibility index (Phi) is 4.80. The molecule has 0 heterocycles. The third-order valence-electron chi connectivity index (χ3n) is 2.99. The van der Waals surface area contributed by atoms with Gasteiger partial charge in [-0.25, -0.2) is 0 Å². The second-order valence-corrected chi connectivity index (χ2v) is 5.33. The van der Waals surface area contributed by atoms with E-state index in [2.05, 4.69) is 56.9 Å². The highest BCUT2D eigenvalue weighted by Gasteiger charge is 1.99. The van der Waals surface area contributed by atoms with E-state index >= 15 is 0 Å². The van der Waals surface area contributed by atoms with E-state index in [1.165, 1.54) is 10.8 Å². The van der Waals surface area contributed by atoms with E-state index in [1.54, 1.807) is 7.05 Å². The first-order chi connectivity index (χ1) is 9.19. The molecule has 2 aromatic rings. The van der Waals surface area contributed by atoms with Crippen LogP contribution in [0.4, 0.5) is 5.69 Å². The summed E-state index contributed by atoms with van der Waals surface area (Å²) in [4.78, 5) is 11.1. The van der Waals surface area contributed by atoms with Crippen LogP contribution in [0.15, 0.2) is 40.9 Å². The lowest BCUT2D eigenvalue weighted by atomic mass is 10.1. The van der Waals surface area contributed by atoms with Crippen molar-refractivity contribution in [2.75, 3.05) is 18.9 Å². The highest BCUT2D eigenvalue weighted by molar-refractivity contribution is 9.10. The summed E-state index contributed by atoms with van der Waals surface area (Å²) >= 11 is 3.47. The van der Waals surface area contributed by atoms with Crippen molar-refractivity contribution >= 4 is 38.3 Å². The lowest BCUT2D eigenvalue weighted by Gasteiger charge is -2.07. The molecule has 0 aromatic heterocycles. The molecule has 0 spiro atoms. The average Bonchev–Trinajstić information content (AvgIpc) is 2.43. The summed E-state index contributed by atoms with van der Waals surface area (Å²) < 4.78 is 1.09. The van der Waals surface area contributed by atoms with E-state index in [4.69, 9.17) is 0 Å². The molecule has 2 rings (SSSR count). The molecule has 100 valence electrons. The number of nitrogens with one attached hydrogen (secondary N) is 2. The van der Waals surface area contributed by atoms with E-state index in [1.807, 2.05) is 6.07 Å². The van der Waals surface area contributed by atoms with Crippen molar-refractivity contribution in [2.24, 2.45) is 0 Å². The molecule has 0 aliphatic carbocycles. The minimum Gasteiger partial charge on any atom is -0.385 e. The molecular formula is C15H17BrN2O. The molecule has 2 aromatic carbocycles. The van der Waals surface area contributed by atoms with Crippen molar-refractivity contribution in [1.82, 2.24) is 5.32 Å². The number of hydrogen-bond acceptors (Lipinski definition) is 2. The fraction of sp³-hybridized carbons (Fsp3) is 0.267. The third-order valence-corrected chi connectivity index (χ3v) is 3.48. The molecule has 3 nitrogen and oxygen atoms in total. The maximum Gasteiger partial charge on any atom is 0.219 e. The number of hydrogen-bond donors (Lipinski definition) is 2. The van der Waals surface area contributed by atoms with Gasteiger partial charge in [0.25, 0.3) is 0 Å². The number of rotatable bonds is 5. The number of anilines is 1. The predicted molar refractivity (Wildman–Crippen MR) is 83.4 cm³/mol. The molecule has 0 saturated heterocycles. The van der Waals surface area contributed by atoms with Crippen LogP contribution in [0.3, 0.4) is 0 Å². The van der Waals surface area contributed by atoms with Crippen molar-refractivity contribution in [2.45, 2.75) is 12.8 Å². The fourth-order valence-corrected chi connectivity index (χ4v) is 2.31. The van der Waals surface area contributed by atoms with Crippen LogP contribution >= 0.6 is 15.9 Å². The van der Waals surface area contributed by atoms with E-state index in [0.29, 0.717) is 6.42 Å². The summed E-state index contributed by atoms with van der Waals surface area (Å²) in [5.74, 6) is 0.0881. The molecule has 0 bridgehead atoms. The molecule has 0 unspecified atom stereocenters. The zero-order valence-corrected chi connectivity index (χ0v) is 12.5. The quantitative estimate of drug-likeness (QED) is 0.827. The summed E-state index contributed by atoms with van der Waals surface area (Å²) in [7, 11) is 1.66. The van der Waals surface area contributed by atoms with E-state index in [0.717, 1.165) is 23.1 Å². The Morgan fingerprint density at radius 2 is 1.89 bits per heavy atom. The van der Waals surface area contributed by atoms with Crippen molar-refractivity contribution in [3.63, 3.8) is 0 Å². The zero-order chi connectivity index (χ0) is 13.7. The first kappa shape index (κ1) is 13.9. The molecule has 0 aliphatic heterocycles. The number of carbonyl (C=O) groups excluding carboxylic acids is 1. The second kappa shape index (κ2) is 6.57. The predicted octanol–water partition coefficient (Wildman–Crippen LogP) is 3.54. The van der Waals surface area contributed by atoms with Crippen molar-refractivity contribution < 1.29 is 4.79 Å². The molecule has 2 N–H and O–H groups in total. The van der Waals surface area contributed by atoms with Gasteiger partial charge < -0.3 is 10.6 Å². The number of fused-ring (bicyclic) bond motifs is 1. The van der Waals surface area contributed by atoms with Gasteiger partial charge in [0, 0.05) is 30.2 Å². The summed E-state index contributed by atoms with van der Waals surface area (Å²) in [5.41, 5.74) is 1.09. The Balaban J connectivity index is 1.94. The van der Waals surface area contributed by atoms with Gasteiger partial charge in [-0.2, -0.15) is 0 Å². The van der Waals surface area contributed by atoms with E-state index in [-0.39, 0.29) is 5.91 Å². The standard InChI is InChI=1S/C15H17BrN2O/c1-17-15(19)3-2-8-18-14-7-5-11-9-13(16)6-4-12(11)10-14/h4-7,9-10,18H,2-3,8H2,1H3,(H,17,19). The van der Waals surface area contributed by atoms with E-state index < -0.39 is 0 Å². The minimum absolute atomic E-state index is 0.0881. The molecule has 19 heavy (non-hydrogen) atoms. The van der Waals surface area contributed by atoms with Crippen LogP contribution in [-0.2, 0) is 4.79 Å². The maximum atomic E-state index is 11.1. The number of carbonyl (C=O) groups is 1. The van der Waals surface area contributed by atoms with Gasteiger partial charge in [0.15, 0.2) is 0 Å². The second-order valence-electron chi connectivity index (χ2n) is 4.41. The number of benzene rings is 2. The fourth-order valence-electron chi connectivity index (χ4n) is 1.93. The lowest BCUT2D eigenvalue weighted by molar-refractivity contribution is -0.120. The Hall–Kier alpha value is -1.55. The van der Waals surface area contributed by atoms with E-state index in [9.17, 15) is 4.79 Å². The van der Waals surface area contributed by atoms with Crippen LogP contribution in [0.2, 0.25) is 0 Å². The highest BCUT2D eigenvalue weighted by atomic mass is 79.9. The van der Waals surface area contributed by atoms with Crippen molar-refractivity contribution in [1.29, 1.82) is 0 Å². The Morgan fingerprint density at radius 1 is 1.16 bits per heavy atom. The highest BCUT2D eigenvalue weighted by Crippen LogP contribution is 2.22. The number of amides is 1. The van der Waals surface area contributed by atoms with Gasteiger partial charge in [-0.3, -0.25) is 4.79 Å². The first-order valence-corrected chi connectivity index (χ1v) is 7.12. The molecular weight excluding hydrogens is 304 g/mol. The maximum absolute atomic E-state index is 11.1.